The third-order valence-corrected chi connectivity index (χ3v) is 6.44. The molecule has 4 heterocycles. The van der Waals surface area contributed by atoms with Crippen LogP contribution in [0, 0.1) is 0 Å². The van der Waals surface area contributed by atoms with E-state index in [0.717, 1.165) is 86.0 Å². The van der Waals surface area contributed by atoms with Gasteiger partial charge in [0.15, 0.2) is 0 Å². The second-order valence-electron chi connectivity index (χ2n) is 8.61. The zero-order valence-corrected chi connectivity index (χ0v) is 18.2. The van der Waals surface area contributed by atoms with Gasteiger partial charge in [0.25, 0.3) is 5.91 Å². The molecule has 3 aromatic rings. The van der Waals surface area contributed by atoms with E-state index in [-0.39, 0.29) is 5.91 Å². The minimum Gasteiger partial charge on any atom is -0.353 e. The van der Waals surface area contributed by atoms with Gasteiger partial charge in [-0.05, 0) is 37.9 Å². The lowest BCUT2D eigenvalue weighted by Gasteiger charge is -2.33. The van der Waals surface area contributed by atoms with Crippen molar-refractivity contribution in [2.24, 2.45) is 0 Å². The molecule has 1 aromatic carbocycles. The van der Waals surface area contributed by atoms with Gasteiger partial charge in [-0.2, -0.15) is 0 Å². The van der Waals surface area contributed by atoms with Crippen LogP contribution >= 0.6 is 0 Å². The third-order valence-electron chi connectivity index (χ3n) is 6.44. The molecule has 1 N–H and O–H groups in total. The Labute approximate surface area is 182 Å². The lowest BCUT2D eigenvalue weighted by Crippen LogP contribution is -2.47. The van der Waals surface area contributed by atoms with Crippen molar-refractivity contribution in [2.45, 2.75) is 0 Å². The van der Waals surface area contributed by atoms with Crippen LogP contribution in [-0.4, -0.2) is 102 Å². The number of hydrogen-bond donors (Lipinski definition) is 1. The Morgan fingerprint density at radius 1 is 0.871 bits per heavy atom. The Balaban J connectivity index is 1.37. The summed E-state index contributed by atoms with van der Waals surface area (Å²) in [7, 11) is 4.25. The van der Waals surface area contributed by atoms with Crippen LogP contribution in [0.4, 0.5) is 5.82 Å². The maximum atomic E-state index is 12.8. The number of amides is 1. The number of carbonyl (C=O) groups excluding carboxylic acids is 1. The van der Waals surface area contributed by atoms with Gasteiger partial charge >= 0.3 is 0 Å². The number of aromatic nitrogens is 3. The standard InChI is InChI=1S/C23H29N7O/c1-27-7-11-29(12-8-27)22-19-15-20(26-21(19)24-16-25-22)17-3-5-18(6-4-17)23(31)30-13-9-28(2)10-14-30/h3-6,15-16H,7-14H2,1-2H3,(H,24,25,26). The predicted molar refractivity (Wildman–Crippen MR) is 122 cm³/mol. The number of anilines is 1. The Morgan fingerprint density at radius 3 is 2.19 bits per heavy atom. The Morgan fingerprint density at radius 2 is 1.52 bits per heavy atom. The summed E-state index contributed by atoms with van der Waals surface area (Å²) in [4.78, 5) is 34.1. The summed E-state index contributed by atoms with van der Waals surface area (Å²) in [5, 5.41) is 1.04. The van der Waals surface area contributed by atoms with Crippen molar-refractivity contribution in [1.29, 1.82) is 0 Å². The fraction of sp³-hybridized carbons (Fsp3) is 0.435. The van der Waals surface area contributed by atoms with Gasteiger partial charge in [0.05, 0.1) is 5.39 Å². The average molecular weight is 420 g/mol. The van der Waals surface area contributed by atoms with Crippen molar-refractivity contribution < 1.29 is 4.79 Å². The Kier molecular flexibility index (Phi) is 5.33. The highest BCUT2D eigenvalue weighted by molar-refractivity contribution is 5.95. The number of carbonyl (C=O) groups is 1. The zero-order chi connectivity index (χ0) is 21.4. The molecule has 2 aromatic heterocycles. The van der Waals surface area contributed by atoms with Gasteiger partial charge in [-0.15, -0.1) is 0 Å². The van der Waals surface area contributed by atoms with Gasteiger partial charge in [0.2, 0.25) is 0 Å². The Hall–Kier alpha value is -2.97. The maximum Gasteiger partial charge on any atom is 0.253 e. The summed E-state index contributed by atoms with van der Waals surface area (Å²) in [6, 6.07) is 10.00. The minimum absolute atomic E-state index is 0.111. The molecular weight excluding hydrogens is 390 g/mol. The summed E-state index contributed by atoms with van der Waals surface area (Å²) >= 11 is 0. The molecule has 0 bridgehead atoms. The molecule has 31 heavy (non-hydrogen) atoms. The fourth-order valence-electron chi connectivity index (χ4n) is 4.34. The summed E-state index contributed by atoms with van der Waals surface area (Å²) in [5.41, 5.74) is 3.61. The second kappa shape index (κ2) is 8.28. The molecule has 0 atom stereocenters. The first-order chi connectivity index (χ1) is 15.1. The Bertz CT molecular complexity index is 1060. The third kappa shape index (κ3) is 4.00. The van der Waals surface area contributed by atoms with Crippen LogP contribution < -0.4 is 4.90 Å². The highest BCUT2D eigenvalue weighted by atomic mass is 16.2. The number of hydrogen-bond acceptors (Lipinski definition) is 6. The first-order valence-electron chi connectivity index (χ1n) is 10.9. The van der Waals surface area contributed by atoms with Crippen LogP contribution in [0.15, 0.2) is 36.7 Å². The molecule has 2 saturated heterocycles. The van der Waals surface area contributed by atoms with E-state index in [2.05, 4.69) is 49.8 Å². The summed E-state index contributed by atoms with van der Waals surface area (Å²) in [6.07, 6.45) is 1.63. The maximum absolute atomic E-state index is 12.8. The molecule has 2 aliphatic rings. The van der Waals surface area contributed by atoms with E-state index in [9.17, 15) is 4.79 Å². The minimum atomic E-state index is 0.111. The van der Waals surface area contributed by atoms with E-state index in [1.807, 2.05) is 29.2 Å². The van der Waals surface area contributed by atoms with Crippen molar-refractivity contribution in [3.63, 3.8) is 0 Å². The smallest absolute Gasteiger partial charge is 0.253 e. The monoisotopic (exact) mass is 419 g/mol. The van der Waals surface area contributed by atoms with Gasteiger partial charge in [-0.3, -0.25) is 4.79 Å². The molecule has 8 heteroatoms. The van der Waals surface area contributed by atoms with Crippen LogP contribution in [0.2, 0.25) is 0 Å². The van der Waals surface area contributed by atoms with Gasteiger partial charge in [-0.1, -0.05) is 12.1 Å². The predicted octanol–water partition coefficient (Wildman–Crippen LogP) is 1.76. The average Bonchev–Trinajstić information content (AvgIpc) is 3.24. The van der Waals surface area contributed by atoms with Crippen LogP contribution in [-0.2, 0) is 0 Å². The number of benzene rings is 1. The molecule has 0 saturated carbocycles. The highest BCUT2D eigenvalue weighted by Crippen LogP contribution is 2.29. The zero-order valence-electron chi connectivity index (χ0n) is 18.2. The van der Waals surface area contributed by atoms with Gasteiger partial charge in [0, 0.05) is 63.6 Å². The van der Waals surface area contributed by atoms with Gasteiger partial charge in [0.1, 0.15) is 17.8 Å². The van der Waals surface area contributed by atoms with E-state index < -0.39 is 0 Å². The van der Waals surface area contributed by atoms with Crippen LogP contribution in [0.1, 0.15) is 10.4 Å². The molecule has 8 nitrogen and oxygen atoms in total. The summed E-state index contributed by atoms with van der Waals surface area (Å²) in [6.45, 7) is 7.42. The molecular formula is C23H29N7O. The molecule has 2 fully saturated rings. The number of rotatable bonds is 3. The largest absolute Gasteiger partial charge is 0.353 e. The topological polar surface area (TPSA) is 71.6 Å². The molecule has 0 radical (unpaired) electrons. The number of nitrogens with one attached hydrogen (secondary N) is 1. The number of piperazine rings is 2. The molecule has 0 aliphatic carbocycles. The summed E-state index contributed by atoms with van der Waals surface area (Å²) < 4.78 is 0. The van der Waals surface area contributed by atoms with Crippen molar-refractivity contribution in [3.8, 4) is 11.3 Å². The van der Waals surface area contributed by atoms with Crippen LogP contribution in [0.3, 0.4) is 0 Å². The number of fused-ring (bicyclic) bond motifs is 1. The SMILES string of the molecule is CN1CCN(C(=O)c2ccc(-c3cc4c(N5CCN(C)CC5)ncnc4[nH]3)cc2)CC1. The van der Waals surface area contributed by atoms with Crippen molar-refractivity contribution in [1.82, 2.24) is 29.7 Å². The molecule has 5 rings (SSSR count). The normalized spacial score (nSPS) is 18.6. The summed E-state index contributed by atoms with van der Waals surface area (Å²) in [5.74, 6) is 1.10. The number of nitrogens with zero attached hydrogens (tertiary/aromatic N) is 6. The molecule has 1 amide bonds. The van der Waals surface area contributed by atoms with Crippen LogP contribution in [0.25, 0.3) is 22.3 Å². The van der Waals surface area contributed by atoms with E-state index in [1.165, 1.54) is 0 Å². The highest BCUT2D eigenvalue weighted by Gasteiger charge is 2.21. The number of H-pyrrole nitrogens is 1. The second-order valence-corrected chi connectivity index (χ2v) is 8.61. The van der Waals surface area contributed by atoms with Crippen LogP contribution in [0.5, 0.6) is 0 Å². The molecule has 0 spiro atoms. The van der Waals surface area contributed by atoms with E-state index in [0.29, 0.717) is 0 Å². The van der Waals surface area contributed by atoms with E-state index in [4.69, 9.17) is 0 Å². The van der Waals surface area contributed by atoms with Crippen molar-refractivity contribution in [2.75, 3.05) is 71.4 Å². The molecule has 0 unspecified atom stereocenters. The quantitative estimate of drug-likeness (QED) is 0.698. The van der Waals surface area contributed by atoms with Crippen molar-refractivity contribution in [3.05, 3.63) is 42.2 Å². The fourth-order valence-corrected chi connectivity index (χ4v) is 4.34. The van der Waals surface area contributed by atoms with Gasteiger partial charge < -0.3 is 24.6 Å². The van der Waals surface area contributed by atoms with Crippen molar-refractivity contribution >= 4 is 22.8 Å². The molecule has 2 aliphatic heterocycles. The lowest BCUT2D eigenvalue weighted by atomic mass is 10.1. The van der Waals surface area contributed by atoms with E-state index >= 15 is 0 Å². The van der Waals surface area contributed by atoms with E-state index in [1.54, 1.807) is 6.33 Å². The molecule has 162 valence electrons. The first-order valence-corrected chi connectivity index (χ1v) is 10.9. The number of aromatic amines is 1. The van der Waals surface area contributed by atoms with Gasteiger partial charge in [-0.25, -0.2) is 9.97 Å². The number of likely N-dealkylation sites (N-methyl/N-ethyl adjacent to an activating group) is 2. The lowest BCUT2D eigenvalue weighted by molar-refractivity contribution is 0.0664. The first kappa shape index (κ1) is 20.0.